The number of aromatic nitrogens is 2. The summed E-state index contributed by atoms with van der Waals surface area (Å²) in [4.78, 5) is 26.7. The van der Waals surface area contributed by atoms with E-state index in [1.54, 1.807) is 6.92 Å². The molecule has 2 N–H and O–H groups in total. The molecule has 4 aromatic rings. The van der Waals surface area contributed by atoms with Crippen molar-refractivity contribution in [2.24, 2.45) is 0 Å². The number of rotatable bonds is 9. The van der Waals surface area contributed by atoms with Crippen LogP contribution in [0.3, 0.4) is 0 Å². The number of aryl methyl sites for hydroxylation is 1. The van der Waals surface area contributed by atoms with E-state index in [0.29, 0.717) is 12.0 Å². The Morgan fingerprint density at radius 1 is 0.921 bits per heavy atom. The van der Waals surface area contributed by atoms with Crippen LogP contribution >= 0.6 is 0 Å². The van der Waals surface area contributed by atoms with Gasteiger partial charge in [0.15, 0.2) is 0 Å². The maximum atomic E-state index is 12.5. The van der Waals surface area contributed by atoms with Crippen LogP contribution in [0.4, 0.5) is 0 Å². The zero-order valence-electron chi connectivity index (χ0n) is 21.0. The van der Waals surface area contributed by atoms with E-state index in [2.05, 4.69) is 4.98 Å². The second-order valence-electron chi connectivity index (χ2n) is 9.27. The van der Waals surface area contributed by atoms with Gasteiger partial charge in [0, 0.05) is 18.2 Å². The number of hydrogen-bond acceptors (Lipinski definition) is 6. The summed E-state index contributed by atoms with van der Waals surface area (Å²) in [6.07, 6.45) is -0.0452. The number of nitrogens with one attached hydrogen (secondary N) is 1. The highest BCUT2D eigenvalue weighted by molar-refractivity contribution is 5.47. The van der Waals surface area contributed by atoms with Gasteiger partial charge in [0.2, 0.25) is 0 Å². The van der Waals surface area contributed by atoms with Gasteiger partial charge in [-0.1, -0.05) is 91.0 Å². The molecule has 0 bridgehead atoms. The summed E-state index contributed by atoms with van der Waals surface area (Å²) < 4.78 is 20.1. The average molecular weight is 515 g/mol. The highest BCUT2D eigenvalue weighted by Gasteiger charge is 2.42. The summed E-state index contributed by atoms with van der Waals surface area (Å²) in [5.41, 5.74) is 1.26. The van der Waals surface area contributed by atoms with E-state index in [-0.39, 0.29) is 6.61 Å². The topological polar surface area (TPSA) is 103 Å². The van der Waals surface area contributed by atoms with Crippen LogP contribution < -0.4 is 11.2 Å². The number of aliphatic hydroxyl groups excluding tert-OH is 1. The summed E-state index contributed by atoms with van der Waals surface area (Å²) in [5.74, 6) is 0. The van der Waals surface area contributed by atoms with E-state index in [9.17, 15) is 14.7 Å². The summed E-state index contributed by atoms with van der Waals surface area (Å²) in [5, 5.41) is 9.56. The molecule has 1 fully saturated rings. The van der Waals surface area contributed by atoms with Crippen molar-refractivity contribution in [1.29, 1.82) is 0 Å². The Hall–Kier alpha value is -3.82. The van der Waals surface area contributed by atoms with Gasteiger partial charge in [0.25, 0.3) is 5.56 Å². The first-order valence-corrected chi connectivity index (χ1v) is 12.5. The van der Waals surface area contributed by atoms with Crippen LogP contribution in [0.5, 0.6) is 0 Å². The lowest BCUT2D eigenvalue weighted by atomic mass is 9.80. The van der Waals surface area contributed by atoms with Crippen molar-refractivity contribution in [3.05, 3.63) is 140 Å². The lowest BCUT2D eigenvalue weighted by Gasteiger charge is -2.37. The Morgan fingerprint density at radius 2 is 1.45 bits per heavy atom. The van der Waals surface area contributed by atoms with Crippen LogP contribution in [0.15, 0.2) is 107 Å². The summed E-state index contributed by atoms with van der Waals surface area (Å²) in [6, 6.07) is 29.9. The molecule has 0 amide bonds. The minimum atomic E-state index is -0.958. The number of nitrogens with zero attached hydrogens (tertiary/aromatic N) is 1. The second kappa shape index (κ2) is 11.3. The number of aromatic amines is 1. The first-order chi connectivity index (χ1) is 18.5. The van der Waals surface area contributed by atoms with Crippen molar-refractivity contribution in [2.75, 3.05) is 13.4 Å². The van der Waals surface area contributed by atoms with E-state index in [1.807, 2.05) is 91.0 Å². The van der Waals surface area contributed by atoms with Gasteiger partial charge in [-0.3, -0.25) is 14.3 Å². The highest BCUT2D eigenvalue weighted by Crippen LogP contribution is 2.41. The fourth-order valence-electron chi connectivity index (χ4n) is 5.07. The van der Waals surface area contributed by atoms with E-state index in [1.165, 1.54) is 10.8 Å². The van der Waals surface area contributed by atoms with Crippen LogP contribution in [-0.4, -0.2) is 40.3 Å². The molecule has 1 aliphatic rings. The summed E-state index contributed by atoms with van der Waals surface area (Å²) in [6.45, 7) is 1.23. The quantitative estimate of drug-likeness (QED) is 0.262. The number of aliphatic hydroxyl groups is 1. The second-order valence-corrected chi connectivity index (χ2v) is 9.27. The van der Waals surface area contributed by atoms with Gasteiger partial charge in [-0.2, -0.15) is 0 Å². The third-order valence-corrected chi connectivity index (χ3v) is 6.93. The van der Waals surface area contributed by atoms with Crippen molar-refractivity contribution < 1.29 is 19.3 Å². The molecule has 0 radical (unpaired) electrons. The lowest BCUT2D eigenvalue weighted by Crippen LogP contribution is -2.38. The maximum Gasteiger partial charge on any atom is 0.330 e. The van der Waals surface area contributed by atoms with Gasteiger partial charge in [0.05, 0.1) is 12.7 Å². The Bertz CT molecular complexity index is 1360. The first-order valence-electron chi connectivity index (χ1n) is 12.5. The fraction of sp³-hybridized carbons (Fsp3) is 0.267. The molecule has 5 rings (SSSR count). The van der Waals surface area contributed by atoms with Crippen LogP contribution in [0, 0.1) is 6.92 Å². The smallest absolute Gasteiger partial charge is 0.330 e. The zero-order chi connectivity index (χ0) is 26.5. The van der Waals surface area contributed by atoms with Crippen molar-refractivity contribution in [3.8, 4) is 0 Å². The average Bonchev–Trinajstić information content (AvgIpc) is 3.35. The van der Waals surface area contributed by atoms with E-state index in [0.717, 1.165) is 16.7 Å². The van der Waals surface area contributed by atoms with Gasteiger partial charge < -0.3 is 19.3 Å². The molecule has 1 unspecified atom stereocenters. The van der Waals surface area contributed by atoms with Gasteiger partial charge in [-0.05, 0) is 23.6 Å². The van der Waals surface area contributed by atoms with E-state index >= 15 is 0 Å². The summed E-state index contributed by atoms with van der Waals surface area (Å²) in [7, 11) is 0. The molecule has 196 valence electrons. The van der Waals surface area contributed by atoms with Crippen molar-refractivity contribution in [1.82, 2.24) is 9.55 Å². The molecule has 0 aliphatic carbocycles. The molecule has 3 aromatic carbocycles. The SMILES string of the molecule is Cc1cn([C@H]2CC(OCO)[C@@H](COC(c3ccccc3)(c3ccccc3)c3ccccc3)O2)c(=O)[nH]c1=O. The molecule has 8 heteroatoms. The molecule has 1 aliphatic heterocycles. The molecular formula is C30H30N2O6. The Morgan fingerprint density at radius 3 is 1.95 bits per heavy atom. The highest BCUT2D eigenvalue weighted by atomic mass is 16.6. The predicted molar refractivity (Wildman–Crippen MR) is 142 cm³/mol. The minimum absolute atomic E-state index is 0.108. The van der Waals surface area contributed by atoms with Crippen LogP contribution in [-0.2, 0) is 19.8 Å². The van der Waals surface area contributed by atoms with Crippen LogP contribution in [0.25, 0.3) is 0 Å². The van der Waals surface area contributed by atoms with Crippen LogP contribution in [0.1, 0.15) is 34.9 Å². The Labute approximate surface area is 220 Å². The largest absolute Gasteiger partial charge is 0.371 e. The molecule has 0 spiro atoms. The number of ether oxygens (including phenoxy) is 3. The Kier molecular flexibility index (Phi) is 7.67. The van der Waals surface area contributed by atoms with Crippen molar-refractivity contribution >= 4 is 0 Å². The molecular weight excluding hydrogens is 484 g/mol. The minimum Gasteiger partial charge on any atom is -0.371 e. The van der Waals surface area contributed by atoms with Gasteiger partial charge in [-0.15, -0.1) is 0 Å². The van der Waals surface area contributed by atoms with Crippen molar-refractivity contribution in [3.63, 3.8) is 0 Å². The molecule has 8 nitrogen and oxygen atoms in total. The Balaban J connectivity index is 1.53. The lowest BCUT2D eigenvalue weighted by molar-refractivity contribution is -0.123. The number of hydrogen-bond donors (Lipinski definition) is 2. The molecule has 1 aromatic heterocycles. The monoisotopic (exact) mass is 514 g/mol. The normalized spacial score (nSPS) is 19.5. The standard InChI is InChI=1S/C30H30N2O6/c1-21-18-32(29(35)31-28(21)34)27-17-25(36-20-33)26(38-27)19-37-30(22-11-5-2-6-12-22,23-13-7-3-8-14-23)24-15-9-4-10-16-24/h2-16,18,25-27,33H,17,19-20H2,1H3,(H,31,34,35)/t25?,26-,27-/m1/s1. The number of benzene rings is 3. The molecule has 2 heterocycles. The van der Waals surface area contributed by atoms with Gasteiger partial charge >= 0.3 is 5.69 Å². The van der Waals surface area contributed by atoms with Gasteiger partial charge in [-0.25, -0.2) is 4.79 Å². The maximum absolute atomic E-state index is 12.5. The molecule has 1 saturated heterocycles. The molecule has 38 heavy (non-hydrogen) atoms. The number of H-pyrrole nitrogens is 1. The summed E-state index contributed by atoms with van der Waals surface area (Å²) >= 11 is 0. The third kappa shape index (κ3) is 4.99. The van der Waals surface area contributed by atoms with Gasteiger partial charge in [0.1, 0.15) is 24.7 Å². The zero-order valence-corrected chi connectivity index (χ0v) is 21.0. The van der Waals surface area contributed by atoms with E-state index < -0.39 is 42.1 Å². The van der Waals surface area contributed by atoms with E-state index in [4.69, 9.17) is 14.2 Å². The fourth-order valence-corrected chi connectivity index (χ4v) is 5.07. The third-order valence-electron chi connectivity index (χ3n) is 6.93. The van der Waals surface area contributed by atoms with Crippen LogP contribution in [0.2, 0.25) is 0 Å². The molecule has 3 atom stereocenters. The molecule has 0 saturated carbocycles. The predicted octanol–water partition coefficient (Wildman–Crippen LogP) is 3.48. The van der Waals surface area contributed by atoms with Crippen molar-refractivity contribution in [2.45, 2.75) is 37.4 Å². The first kappa shape index (κ1) is 25.8.